The Kier molecular flexibility index (Phi) is 4.83. The fraction of sp³-hybridized carbons (Fsp3) is 0.429. The molecule has 1 aromatic heterocycles. The number of rotatable bonds is 5. The average molecular weight is 359 g/mol. The summed E-state index contributed by atoms with van der Waals surface area (Å²) in [6.07, 6.45) is 1.73. The van der Waals surface area contributed by atoms with E-state index in [9.17, 15) is 0 Å². The summed E-state index contributed by atoms with van der Waals surface area (Å²) in [5.41, 5.74) is 6.51. The van der Waals surface area contributed by atoms with E-state index in [1.807, 2.05) is 12.1 Å². The quantitative estimate of drug-likeness (QED) is 0.871. The van der Waals surface area contributed by atoms with Crippen LogP contribution in [-0.2, 0) is 5.41 Å². The van der Waals surface area contributed by atoms with E-state index in [2.05, 4.69) is 39.9 Å². The SMILES string of the molecule is CCC(CC)(CN)c1nc(-c2ccc(Cl)c(Br)c2)no1. The van der Waals surface area contributed by atoms with Gasteiger partial charge in [0.2, 0.25) is 11.7 Å². The average Bonchev–Trinajstić information content (AvgIpc) is 2.95. The molecule has 0 fully saturated rings. The van der Waals surface area contributed by atoms with Crippen LogP contribution in [-0.4, -0.2) is 16.7 Å². The van der Waals surface area contributed by atoms with Crippen molar-refractivity contribution in [1.82, 2.24) is 10.1 Å². The van der Waals surface area contributed by atoms with E-state index in [-0.39, 0.29) is 5.41 Å². The van der Waals surface area contributed by atoms with E-state index >= 15 is 0 Å². The van der Waals surface area contributed by atoms with Gasteiger partial charge in [-0.3, -0.25) is 0 Å². The molecule has 20 heavy (non-hydrogen) atoms. The maximum Gasteiger partial charge on any atom is 0.234 e. The Morgan fingerprint density at radius 1 is 1.35 bits per heavy atom. The fourth-order valence-corrected chi connectivity index (χ4v) is 2.62. The second-order valence-corrected chi connectivity index (χ2v) is 6.01. The van der Waals surface area contributed by atoms with Crippen molar-refractivity contribution in [1.29, 1.82) is 0 Å². The molecule has 0 atom stereocenters. The highest BCUT2D eigenvalue weighted by atomic mass is 79.9. The first kappa shape index (κ1) is 15.5. The Morgan fingerprint density at radius 2 is 2.05 bits per heavy atom. The lowest BCUT2D eigenvalue weighted by molar-refractivity contribution is 0.267. The molecule has 2 aromatic rings. The van der Waals surface area contributed by atoms with Gasteiger partial charge in [0.25, 0.3) is 0 Å². The lowest BCUT2D eigenvalue weighted by Gasteiger charge is -2.24. The van der Waals surface area contributed by atoms with Crippen LogP contribution >= 0.6 is 27.5 Å². The molecular formula is C14H17BrClN3O. The molecule has 2 rings (SSSR count). The van der Waals surface area contributed by atoms with Gasteiger partial charge in [-0.25, -0.2) is 0 Å². The number of benzene rings is 1. The second-order valence-electron chi connectivity index (χ2n) is 4.74. The zero-order valence-corrected chi connectivity index (χ0v) is 13.8. The van der Waals surface area contributed by atoms with Gasteiger partial charge >= 0.3 is 0 Å². The standard InChI is InChI=1S/C14H17BrClN3O/c1-3-14(4-2,8-17)13-18-12(19-20-13)9-5-6-11(16)10(15)7-9/h5-7H,3-4,8,17H2,1-2H3. The van der Waals surface area contributed by atoms with Crippen LogP contribution in [0.25, 0.3) is 11.4 Å². The van der Waals surface area contributed by atoms with Gasteiger partial charge in [0.05, 0.1) is 10.4 Å². The zero-order chi connectivity index (χ0) is 14.8. The topological polar surface area (TPSA) is 64.9 Å². The summed E-state index contributed by atoms with van der Waals surface area (Å²) in [7, 11) is 0. The number of aromatic nitrogens is 2. The molecule has 0 unspecified atom stereocenters. The van der Waals surface area contributed by atoms with Crippen molar-refractivity contribution in [3.63, 3.8) is 0 Å². The number of hydrogen-bond donors (Lipinski definition) is 1. The maximum absolute atomic E-state index is 5.99. The predicted octanol–water partition coefficient (Wildman–Crippen LogP) is 4.17. The van der Waals surface area contributed by atoms with Gasteiger partial charge in [-0.2, -0.15) is 4.98 Å². The molecule has 108 valence electrons. The lowest BCUT2D eigenvalue weighted by atomic mass is 9.82. The Morgan fingerprint density at radius 3 is 2.60 bits per heavy atom. The molecule has 4 nitrogen and oxygen atoms in total. The third-order valence-corrected chi connectivity index (χ3v) is 5.02. The summed E-state index contributed by atoms with van der Waals surface area (Å²) in [6.45, 7) is 4.66. The van der Waals surface area contributed by atoms with Crippen LogP contribution in [0.2, 0.25) is 5.02 Å². The number of halogens is 2. The third-order valence-electron chi connectivity index (χ3n) is 3.80. The van der Waals surface area contributed by atoms with Crippen molar-refractivity contribution in [3.05, 3.63) is 33.6 Å². The minimum Gasteiger partial charge on any atom is -0.338 e. The summed E-state index contributed by atoms with van der Waals surface area (Å²) >= 11 is 9.38. The predicted molar refractivity (Wildman–Crippen MR) is 83.8 cm³/mol. The van der Waals surface area contributed by atoms with Crippen LogP contribution in [0.3, 0.4) is 0 Å². The summed E-state index contributed by atoms with van der Waals surface area (Å²) in [4.78, 5) is 4.51. The van der Waals surface area contributed by atoms with E-state index in [1.54, 1.807) is 6.07 Å². The van der Waals surface area contributed by atoms with Gasteiger partial charge < -0.3 is 10.3 Å². The van der Waals surface area contributed by atoms with Crippen LogP contribution in [0.5, 0.6) is 0 Å². The molecule has 1 heterocycles. The summed E-state index contributed by atoms with van der Waals surface area (Å²) < 4.78 is 6.24. The van der Waals surface area contributed by atoms with Crippen LogP contribution < -0.4 is 5.73 Å². The first-order valence-corrected chi connectivity index (χ1v) is 7.73. The van der Waals surface area contributed by atoms with Crippen LogP contribution in [0.15, 0.2) is 27.2 Å². The van der Waals surface area contributed by atoms with Gasteiger partial charge in [-0.15, -0.1) is 0 Å². The van der Waals surface area contributed by atoms with Crippen molar-refractivity contribution < 1.29 is 4.52 Å². The largest absolute Gasteiger partial charge is 0.338 e. The van der Waals surface area contributed by atoms with E-state index < -0.39 is 0 Å². The molecular weight excluding hydrogens is 342 g/mol. The van der Waals surface area contributed by atoms with E-state index in [1.165, 1.54) is 0 Å². The van der Waals surface area contributed by atoms with Crippen LogP contribution in [0.4, 0.5) is 0 Å². The second kappa shape index (κ2) is 6.24. The number of hydrogen-bond acceptors (Lipinski definition) is 4. The molecule has 6 heteroatoms. The Labute approximate surface area is 131 Å². The van der Waals surface area contributed by atoms with Gasteiger partial charge in [0.1, 0.15) is 0 Å². The van der Waals surface area contributed by atoms with E-state index in [0.717, 1.165) is 22.9 Å². The van der Waals surface area contributed by atoms with E-state index in [0.29, 0.717) is 23.3 Å². The molecule has 2 N–H and O–H groups in total. The highest BCUT2D eigenvalue weighted by Gasteiger charge is 2.33. The zero-order valence-electron chi connectivity index (χ0n) is 11.5. The molecule has 0 aliphatic rings. The van der Waals surface area contributed by atoms with Crippen molar-refractivity contribution in [2.24, 2.45) is 5.73 Å². The minimum absolute atomic E-state index is 0.241. The third kappa shape index (κ3) is 2.75. The van der Waals surface area contributed by atoms with Crippen molar-refractivity contribution in [2.45, 2.75) is 32.1 Å². The normalized spacial score (nSPS) is 11.8. The van der Waals surface area contributed by atoms with E-state index in [4.69, 9.17) is 21.9 Å². The smallest absolute Gasteiger partial charge is 0.234 e. The Balaban J connectivity index is 2.39. The minimum atomic E-state index is -0.241. The molecule has 0 radical (unpaired) electrons. The highest BCUT2D eigenvalue weighted by molar-refractivity contribution is 9.10. The number of nitrogens with two attached hydrogens (primary N) is 1. The van der Waals surface area contributed by atoms with Crippen LogP contribution in [0, 0.1) is 0 Å². The molecule has 0 aliphatic heterocycles. The van der Waals surface area contributed by atoms with Gasteiger partial charge in [-0.05, 0) is 47.0 Å². The molecule has 0 saturated heterocycles. The monoisotopic (exact) mass is 357 g/mol. The molecule has 1 aromatic carbocycles. The van der Waals surface area contributed by atoms with Crippen molar-refractivity contribution in [3.8, 4) is 11.4 Å². The molecule has 0 amide bonds. The maximum atomic E-state index is 5.99. The lowest BCUT2D eigenvalue weighted by Crippen LogP contribution is -2.34. The molecule has 0 spiro atoms. The van der Waals surface area contributed by atoms with Crippen molar-refractivity contribution >= 4 is 27.5 Å². The first-order valence-electron chi connectivity index (χ1n) is 6.56. The van der Waals surface area contributed by atoms with Gasteiger partial charge in [0, 0.05) is 16.6 Å². The first-order chi connectivity index (χ1) is 9.56. The highest BCUT2D eigenvalue weighted by Crippen LogP contribution is 2.32. The summed E-state index contributed by atoms with van der Waals surface area (Å²) in [6, 6.07) is 5.54. The summed E-state index contributed by atoms with van der Waals surface area (Å²) in [5, 5.41) is 4.71. The molecule has 0 aliphatic carbocycles. The summed E-state index contributed by atoms with van der Waals surface area (Å²) in [5.74, 6) is 1.16. The van der Waals surface area contributed by atoms with Crippen LogP contribution in [0.1, 0.15) is 32.6 Å². The van der Waals surface area contributed by atoms with Gasteiger partial charge in [0.15, 0.2) is 0 Å². The Bertz CT molecular complexity index is 588. The molecule has 0 bridgehead atoms. The number of nitrogens with zero attached hydrogens (tertiary/aromatic N) is 2. The Hall–Kier alpha value is -0.910. The fourth-order valence-electron chi connectivity index (χ4n) is 2.12. The van der Waals surface area contributed by atoms with Gasteiger partial charge in [-0.1, -0.05) is 30.6 Å². The molecule has 0 saturated carbocycles. The van der Waals surface area contributed by atoms with Crippen molar-refractivity contribution in [2.75, 3.05) is 6.54 Å².